The van der Waals surface area contributed by atoms with Crippen LogP contribution in [0.5, 0.6) is 0 Å². The number of nitrogens with one attached hydrogen (secondary N) is 1. The second-order valence-corrected chi connectivity index (χ2v) is 9.24. The molecule has 0 aliphatic carbocycles. The molecule has 35 heavy (non-hydrogen) atoms. The van der Waals surface area contributed by atoms with Gasteiger partial charge >= 0.3 is 0 Å². The third-order valence-corrected chi connectivity index (χ3v) is 7.02. The normalized spacial score (nSPS) is 19.7. The van der Waals surface area contributed by atoms with Crippen molar-refractivity contribution in [1.29, 1.82) is 0 Å². The number of nitrogens with zero attached hydrogens (tertiary/aromatic N) is 5. The number of carbonyl (C=O) groups is 2. The van der Waals surface area contributed by atoms with Gasteiger partial charge in [0, 0.05) is 44.8 Å². The van der Waals surface area contributed by atoms with Gasteiger partial charge in [0.05, 0.1) is 5.56 Å². The molecule has 0 bridgehead atoms. The number of nitrogen functional groups attached to an aromatic ring is 2. The number of hydrogen-bond donors (Lipinski definition) is 4. The Labute approximate surface area is 207 Å². The first-order chi connectivity index (χ1) is 16.7. The van der Waals surface area contributed by atoms with Crippen LogP contribution in [0.15, 0.2) is 16.9 Å². The molecule has 1 atom stereocenters. The van der Waals surface area contributed by atoms with Crippen molar-refractivity contribution in [1.82, 2.24) is 24.8 Å². The van der Waals surface area contributed by atoms with E-state index in [9.17, 15) is 14.4 Å². The summed E-state index contributed by atoms with van der Waals surface area (Å²) in [5, 5.41) is 0.256. The Morgan fingerprint density at radius 3 is 2.46 bits per heavy atom. The number of H-pyrrole nitrogens is 1. The first kappa shape index (κ1) is 24.7. The number of primary amides is 1. The highest BCUT2D eigenvalue weighted by molar-refractivity contribution is 6.29. The van der Waals surface area contributed by atoms with Gasteiger partial charge in [0.2, 0.25) is 0 Å². The van der Waals surface area contributed by atoms with Gasteiger partial charge in [-0.2, -0.15) is 0 Å². The lowest BCUT2D eigenvalue weighted by molar-refractivity contribution is 0.0491. The maximum absolute atomic E-state index is 12.9. The lowest BCUT2D eigenvalue weighted by Crippen LogP contribution is -2.59. The van der Waals surface area contributed by atoms with Crippen LogP contribution in [0.2, 0.25) is 5.15 Å². The molecule has 2 fully saturated rings. The number of anilines is 3. The number of nitrogens with two attached hydrogens (primary N) is 3. The Kier molecular flexibility index (Phi) is 7.13. The lowest BCUT2D eigenvalue weighted by atomic mass is 9.97. The van der Waals surface area contributed by atoms with E-state index in [1.807, 2.05) is 9.80 Å². The van der Waals surface area contributed by atoms with Crippen molar-refractivity contribution in [3.8, 4) is 0 Å². The number of carbonyl (C=O) groups excluding carboxylic acids is 2. The molecule has 4 heterocycles. The van der Waals surface area contributed by atoms with E-state index < -0.39 is 11.5 Å². The standard InChI is InChI=1S/C22H30ClN9O3/c1-2-12-11-31(20-21(34)28-16(19(26)33)18(25)29-20)9-10-32(12)13-5-7-30(8-6-13)22(35)14-3-4-15(23)27-17(14)24/h3-4,12-13H,2,5-11H2,1H3,(H2,24,27)(H2,25,29)(H2,26,33)(H,28,34). The van der Waals surface area contributed by atoms with Gasteiger partial charge in [0.25, 0.3) is 17.4 Å². The van der Waals surface area contributed by atoms with Crippen molar-refractivity contribution >= 4 is 40.9 Å². The van der Waals surface area contributed by atoms with Crippen LogP contribution in [-0.2, 0) is 0 Å². The molecule has 7 N–H and O–H groups in total. The first-order valence-corrected chi connectivity index (χ1v) is 12.0. The van der Waals surface area contributed by atoms with Crippen LogP contribution in [0, 0.1) is 0 Å². The van der Waals surface area contributed by atoms with Crippen molar-refractivity contribution in [2.45, 2.75) is 38.3 Å². The van der Waals surface area contributed by atoms with Crippen LogP contribution in [0.4, 0.5) is 17.5 Å². The molecule has 0 spiro atoms. The zero-order valence-corrected chi connectivity index (χ0v) is 20.3. The molecule has 188 valence electrons. The van der Waals surface area contributed by atoms with E-state index in [0.717, 1.165) is 25.8 Å². The summed E-state index contributed by atoms with van der Waals surface area (Å²) in [7, 11) is 0. The summed E-state index contributed by atoms with van der Waals surface area (Å²) in [6, 6.07) is 3.70. The third kappa shape index (κ3) is 5.03. The second-order valence-electron chi connectivity index (χ2n) is 8.85. The van der Waals surface area contributed by atoms with Crippen LogP contribution in [0.25, 0.3) is 0 Å². The van der Waals surface area contributed by atoms with E-state index in [2.05, 4.69) is 26.8 Å². The monoisotopic (exact) mass is 503 g/mol. The number of hydrogen-bond acceptors (Lipinski definition) is 9. The van der Waals surface area contributed by atoms with Gasteiger partial charge in [-0.1, -0.05) is 18.5 Å². The minimum atomic E-state index is -0.824. The summed E-state index contributed by atoms with van der Waals surface area (Å²) in [6.07, 6.45) is 2.56. The van der Waals surface area contributed by atoms with Crippen molar-refractivity contribution < 1.29 is 9.59 Å². The number of pyridine rings is 1. The summed E-state index contributed by atoms with van der Waals surface area (Å²) in [5.74, 6) is -0.713. The smallest absolute Gasteiger partial charge is 0.291 e. The van der Waals surface area contributed by atoms with Gasteiger partial charge < -0.3 is 32.0 Å². The summed E-state index contributed by atoms with van der Waals surface area (Å²) < 4.78 is 0. The van der Waals surface area contributed by atoms with Gasteiger partial charge in [-0.3, -0.25) is 19.3 Å². The Balaban J connectivity index is 1.40. The van der Waals surface area contributed by atoms with E-state index in [0.29, 0.717) is 37.8 Å². The predicted molar refractivity (Wildman–Crippen MR) is 133 cm³/mol. The molecule has 2 aromatic heterocycles. The largest absolute Gasteiger partial charge is 0.383 e. The van der Waals surface area contributed by atoms with E-state index in [1.165, 1.54) is 0 Å². The highest BCUT2D eigenvalue weighted by Gasteiger charge is 2.35. The van der Waals surface area contributed by atoms with Crippen LogP contribution in [-0.4, -0.2) is 81.4 Å². The molecule has 12 nitrogen and oxygen atoms in total. The SMILES string of the molecule is CCC1CN(c2nc(N)c(C(N)=O)[nH]c2=O)CCN1C1CCN(C(=O)c2ccc(Cl)nc2N)CC1. The number of likely N-dealkylation sites (tertiary alicyclic amines) is 1. The third-order valence-electron chi connectivity index (χ3n) is 6.81. The van der Waals surface area contributed by atoms with Crippen LogP contribution < -0.4 is 27.7 Å². The number of rotatable bonds is 5. The van der Waals surface area contributed by atoms with Gasteiger partial charge in [-0.05, 0) is 31.4 Å². The molecule has 0 saturated carbocycles. The Hall–Kier alpha value is -3.38. The van der Waals surface area contributed by atoms with Crippen LogP contribution in [0.1, 0.15) is 47.0 Å². The molecular formula is C22H30ClN9O3. The number of piperidine rings is 1. The van der Waals surface area contributed by atoms with E-state index in [1.54, 1.807) is 12.1 Å². The van der Waals surface area contributed by atoms with Crippen molar-refractivity contribution in [2.75, 3.05) is 49.1 Å². The maximum atomic E-state index is 12.9. The summed E-state index contributed by atoms with van der Waals surface area (Å²) in [6.45, 7) is 5.29. The molecule has 0 radical (unpaired) electrons. The van der Waals surface area contributed by atoms with E-state index in [4.69, 9.17) is 28.8 Å². The van der Waals surface area contributed by atoms with Crippen molar-refractivity contribution in [2.24, 2.45) is 5.73 Å². The Bertz CT molecular complexity index is 1180. The summed E-state index contributed by atoms with van der Waals surface area (Å²) in [4.78, 5) is 53.7. The van der Waals surface area contributed by atoms with E-state index in [-0.39, 0.29) is 40.2 Å². The van der Waals surface area contributed by atoms with Crippen molar-refractivity contribution in [3.63, 3.8) is 0 Å². The van der Waals surface area contributed by atoms with Crippen LogP contribution in [0.3, 0.4) is 0 Å². The quantitative estimate of drug-likeness (QED) is 0.417. The molecule has 4 rings (SSSR count). The molecular weight excluding hydrogens is 474 g/mol. The van der Waals surface area contributed by atoms with Gasteiger partial charge in [0.15, 0.2) is 11.6 Å². The molecule has 2 aliphatic heterocycles. The van der Waals surface area contributed by atoms with Gasteiger partial charge in [-0.15, -0.1) is 0 Å². The molecule has 2 amide bonds. The fourth-order valence-electron chi connectivity index (χ4n) is 4.96. The average molecular weight is 504 g/mol. The highest BCUT2D eigenvalue weighted by Crippen LogP contribution is 2.26. The van der Waals surface area contributed by atoms with Gasteiger partial charge in [-0.25, -0.2) is 9.97 Å². The highest BCUT2D eigenvalue weighted by atomic mass is 35.5. The lowest BCUT2D eigenvalue weighted by Gasteiger charge is -2.47. The first-order valence-electron chi connectivity index (χ1n) is 11.6. The Morgan fingerprint density at radius 2 is 1.83 bits per heavy atom. The minimum absolute atomic E-state index is 0.0869. The van der Waals surface area contributed by atoms with Gasteiger partial charge in [0.1, 0.15) is 16.7 Å². The second kappa shape index (κ2) is 10.1. The maximum Gasteiger partial charge on any atom is 0.291 e. The Morgan fingerprint density at radius 1 is 1.11 bits per heavy atom. The molecule has 0 aromatic carbocycles. The fourth-order valence-corrected chi connectivity index (χ4v) is 5.12. The van der Waals surface area contributed by atoms with E-state index >= 15 is 0 Å². The molecule has 1 unspecified atom stereocenters. The molecule has 2 aliphatic rings. The number of halogens is 1. The molecule has 2 saturated heterocycles. The topological polar surface area (TPSA) is 181 Å². The number of amides is 2. The summed E-state index contributed by atoms with van der Waals surface area (Å²) in [5.41, 5.74) is 16.7. The summed E-state index contributed by atoms with van der Waals surface area (Å²) >= 11 is 5.85. The number of aromatic nitrogens is 3. The average Bonchev–Trinajstić information content (AvgIpc) is 2.84. The van der Waals surface area contributed by atoms with Crippen LogP contribution >= 0.6 is 11.6 Å². The number of aromatic amines is 1. The zero-order valence-electron chi connectivity index (χ0n) is 19.5. The molecule has 2 aromatic rings. The minimum Gasteiger partial charge on any atom is -0.383 e. The number of piperazine rings is 1. The molecule has 13 heteroatoms. The fraction of sp³-hybridized carbons (Fsp3) is 0.500. The zero-order chi connectivity index (χ0) is 25.3. The predicted octanol–water partition coefficient (Wildman–Crippen LogP) is 0.287. The van der Waals surface area contributed by atoms with Crippen molar-refractivity contribution in [3.05, 3.63) is 38.9 Å².